The Labute approximate surface area is 100 Å². The highest BCUT2D eigenvalue weighted by Crippen LogP contribution is 2.20. The molecule has 0 heterocycles. The Morgan fingerprint density at radius 3 is 2.88 bits per heavy atom. The van der Waals surface area contributed by atoms with E-state index in [1.54, 1.807) is 23.1 Å². The fourth-order valence-electron chi connectivity index (χ4n) is 1.68. The quantitative estimate of drug-likeness (QED) is 0.773. The summed E-state index contributed by atoms with van der Waals surface area (Å²) < 4.78 is 13.1. The number of rotatable bonds is 6. The van der Waals surface area contributed by atoms with Crippen LogP contribution in [-0.2, 0) is 4.79 Å². The summed E-state index contributed by atoms with van der Waals surface area (Å²) in [6, 6.07) is 6.02. The zero-order valence-electron chi connectivity index (χ0n) is 9.77. The average molecular weight is 237 g/mol. The molecule has 1 atom stereocenters. The van der Waals surface area contributed by atoms with Gasteiger partial charge in [-0.2, -0.15) is 0 Å². The maximum absolute atomic E-state index is 13.1. The van der Waals surface area contributed by atoms with Gasteiger partial charge in [0.25, 0.3) is 0 Å². The topological polar surface area (TPSA) is 40.5 Å². The van der Waals surface area contributed by atoms with Gasteiger partial charge in [-0.3, -0.25) is 9.69 Å². The lowest BCUT2D eigenvalue weighted by Gasteiger charge is -2.26. The van der Waals surface area contributed by atoms with Crippen LogP contribution in [0.25, 0.3) is 0 Å². The molecule has 0 aliphatic heterocycles. The predicted molar refractivity (Wildman–Crippen MR) is 64.2 cm³/mol. The molecular formula is C13H16FNO2. The van der Waals surface area contributed by atoms with Crippen LogP contribution in [-0.4, -0.2) is 29.1 Å². The fourth-order valence-corrected chi connectivity index (χ4v) is 1.68. The van der Waals surface area contributed by atoms with Crippen LogP contribution in [0.5, 0.6) is 0 Å². The van der Waals surface area contributed by atoms with Gasteiger partial charge in [0.15, 0.2) is 0 Å². The van der Waals surface area contributed by atoms with E-state index in [-0.39, 0.29) is 18.4 Å². The third-order valence-corrected chi connectivity index (χ3v) is 2.58. The molecule has 17 heavy (non-hydrogen) atoms. The van der Waals surface area contributed by atoms with Gasteiger partial charge in [0.2, 0.25) is 0 Å². The summed E-state index contributed by atoms with van der Waals surface area (Å²) in [5.41, 5.74) is 0.758. The smallest absolute Gasteiger partial charge is 0.317 e. The Morgan fingerprint density at radius 1 is 1.65 bits per heavy atom. The SMILES string of the molecule is C=CCN(CC(=O)O)C(C)c1cccc(F)c1. The molecule has 92 valence electrons. The number of carbonyl (C=O) groups is 1. The van der Waals surface area contributed by atoms with E-state index in [9.17, 15) is 9.18 Å². The van der Waals surface area contributed by atoms with E-state index in [0.29, 0.717) is 6.54 Å². The molecule has 0 fully saturated rings. The van der Waals surface area contributed by atoms with Gasteiger partial charge in [0.05, 0.1) is 6.54 Å². The molecule has 0 amide bonds. The minimum Gasteiger partial charge on any atom is -0.480 e. The number of hydrogen-bond acceptors (Lipinski definition) is 2. The van der Waals surface area contributed by atoms with E-state index in [1.165, 1.54) is 12.1 Å². The zero-order valence-corrected chi connectivity index (χ0v) is 9.77. The summed E-state index contributed by atoms with van der Waals surface area (Å²) in [7, 11) is 0. The van der Waals surface area contributed by atoms with Crippen molar-refractivity contribution in [2.75, 3.05) is 13.1 Å². The Balaban J connectivity index is 2.86. The number of hydrogen-bond donors (Lipinski definition) is 1. The number of carboxylic acid groups (broad SMARTS) is 1. The highest BCUT2D eigenvalue weighted by molar-refractivity contribution is 5.69. The normalized spacial score (nSPS) is 12.4. The third kappa shape index (κ3) is 4.00. The number of carboxylic acids is 1. The van der Waals surface area contributed by atoms with Gasteiger partial charge < -0.3 is 5.11 Å². The first-order chi connectivity index (χ1) is 8.04. The van der Waals surface area contributed by atoms with Crippen LogP contribution in [0, 0.1) is 5.82 Å². The molecule has 1 aromatic rings. The highest BCUT2D eigenvalue weighted by Gasteiger charge is 2.17. The van der Waals surface area contributed by atoms with Crippen molar-refractivity contribution in [3.8, 4) is 0 Å². The zero-order chi connectivity index (χ0) is 12.8. The molecule has 0 bridgehead atoms. The second-order valence-electron chi connectivity index (χ2n) is 3.84. The molecule has 0 aliphatic carbocycles. The summed E-state index contributed by atoms with van der Waals surface area (Å²) in [5, 5.41) is 8.81. The lowest BCUT2D eigenvalue weighted by atomic mass is 10.1. The summed E-state index contributed by atoms with van der Waals surface area (Å²) >= 11 is 0. The van der Waals surface area contributed by atoms with E-state index in [4.69, 9.17) is 5.11 Å². The fraction of sp³-hybridized carbons (Fsp3) is 0.308. The molecule has 0 saturated carbocycles. The molecule has 0 radical (unpaired) electrons. The van der Waals surface area contributed by atoms with E-state index >= 15 is 0 Å². The highest BCUT2D eigenvalue weighted by atomic mass is 19.1. The Hall–Kier alpha value is -1.68. The molecule has 4 heteroatoms. The van der Waals surface area contributed by atoms with Crippen LogP contribution in [0.2, 0.25) is 0 Å². The van der Waals surface area contributed by atoms with Gasteiger partial charge >= 0.3 is 5.97 Å². The van der Waals surface area contributed by atoms with Crippen molar-refractivity contribution < 1.29 is 14.3 Å². The first-order valence-electron chi connectivity index (χ1n) is 5.36. The van der Waals surface area contributed by atoms with Crippen molar-refractivity contribution in [3.63, 3.8) is 0 Å². The van der Waals surface area contributed by atoms with Crippen LogP contribution in [0.3, 0.4) is 0 Å². The molecule has 0 aromatic heterocycles. The van der Waals surface area contributed by atoms with Crippen molar-refractivity contribution >= 4 is 5.97 Å². The van der Waals surface area contributed by atoms with Gasteiger partial charge in [-0.25, -0.2) is 4.39 Å². The van der Waals surface area contributed by atoms with Crippen LogP contribution < -0.4 is 0 Å². The third-order valence-electron chi connectivity index (χ3n) is 2.58. The first-order valence-corrected chi connectivity index (χ1v) is 5.36. The summed E-state index contributed by atoms with van der Waals surface area (Å²) in [5.74, 6) is -1.22. The lowest BCUT2D eigenvalue weighted by molar-refractivity contribution is -0.138. The van der Waals surface area contributed by atoms with Crippen LogP contribution in [0.4, 0.5) is 4.39 Å². The van der Waals surface area contributed by atoms with Crippen molar-refractivity contribution in [2.45, 2.75) is 13.0 Å². The maximum Gasteiger partial charge on any atom is 0.317 e. The van der Waals surface area contributed by atoms with Gasteiger partial charge in [0.1, 0.15) is 5.82 Å². The second kappa shape index (κ2) is 6.15. The predicted octanol–water partition coefficient (Wildman–Crippen LogP) is 2.46. The van der Waals surface area contributed by atoms with Crippen molar-refractivity contribution in [3.05, 3.63) is 48.3 Å². The summed E-state index contributed by atoms with van der Waals surface area (Å²) in [6.45, 7) is 5.80. The van der Waals surface area contributed by atoms with Gasteiger partial charge in [-0.15, -0.1) is 6.58 Å². The first kappa shape index (κ1) is 13.4. The minimum absolute atomic E-state index is 0.0936. The molecule has 0 aliphatic rings. The van der Waals surface area contributed by atoms with Crippen molar-refractivity contribution in [1.29, 1.82) is 0 Å². The van der Waals surface area contributed by atoms with Crippen molar-refractivity contribution in [2.24, 2.45) is 0 Å². The summed E-state index contributed by atoms with van der Waals surface area (Å²) in [6.07, 6.45) is 1.64. The van der Waals surface area contributed by atoms with Gasteiger partial charge in [0, 0.05) is 12.6 Å². The molecule has 1 N–H and O–H groups in total. The van der Waals surface area contributed by atoms with Crippen LogP contribution in [0.1, 0.15) is 18.5 Å². The Kier molecular flexibility index (Phi) is 4.84. The molecule has 0 saturated heterocycles. The molecule has 0 spiro atoms. The van der Waals surface area contributed by atoms with Crippen LogP contribution >= 0.6 is 0 Å². The molecule has 1 rings (SSSR count). The number of nitrogens with zero attached hydrogens (tertiary/aromatic N) is 1. The summed E-state index contributed by atoms with van der Waals surface area (Å²) in [4.78, 5) is 12.4. The maximum atomic E-state index is 13.1. The molecule has 1 unspecified atom stereocenters. The second-order valence-corrected chi connectivity index (χ2v) is 3.84. The number of aliphatic carboxylic acids is 1. The standard InChI is InChI=1S/C13H16FNO2/c1-3-7-15(9-13(16)17)10(2)11-5-4-6-12(14)8-11/h3-6,8,10H,1,7,9H2,2H3,(H,16,17). The monoisotopic (exact) mass is 237 g/mol. The van der Waals surface area contributed by atoms with E-state index in [0.717, 1.165) is 5.56 Å². The molecule has 1 aromatic carbocycles. The van der Waals surface area contributed by atoms with E-state index < -0.39 is 5.97 Å². The average Bonchev–Trinajstić information content (AvgIpc) is 2.27. The van der Waals surface area contributed by atoms with Crippen LogP contribution in [0.15, 0.2) is 36.9 Å². The largest absolute Gasteiger partial charge is 0.480 e. The Bertz CT molecular complexity index is 406. The van der Waals surface area contributed by atoms with Crippen molar-refractivity contribution in [1.82, 2.24) is 4.90 Å². The van der Waals surface area contributed by atoms with E-state index in [1.807, 2.05) is 6.92 Å². The lowest BCUT2D eigenvalue weighted by Crippen LogP contribution is -2.32. The minimum atomic E-state index is -0.907. The van der Waals surface area contributed by atoms with E-state index in [2.05, 4.69) is 6.58 Å². The van der Waals surface area contributed by atoms with Gasteiger partial charge in [-0.05, 0) is 24.6 Å². The Morgan fingerprint density at radius 2 is 2.35 bits per heavy atom. The van der Waals surface area contributed by atoms with Gasteiger partial charge in [-0.1, -0.05) is 18.2 Å². The number of halogens is 1. The molecule has 3 nitrogen and oxygen atoms in total. The number of benzene rings is 1. The molecular weight excluding hydrogens is 221 g/mol.